The van der Waals surface area contributed by atoms with Crippen LogP contribution in [0.1, 0.15) is 27.0 Å². The lowest BCUT2D eigenvalue weighted by Crippen LogP contribution is -2.33. The first-order chi connectivity index (χ1) is 15.1. The van der Waals surface area contributed by atoms with E-state index in [0.717, 1.165) is 35.4 Å². The summed E-state index contributed by atoms with van der Waals surface area (Å²) in [7, 11) is 0. The van der Waals surface area contributed by atoms with Gasteiger partial charge in [-0.15, -0.1) is 0 Å². The van der Waals surface area contributed by atoms with Crippen molar-refractivity contribution < 1.29 is 18.7 Å². The Morgan fingerprint density at radius 2 is 1.81 bits per heavy atom. The molecule has 3 aromatic rings. The zero-order valence-corrected chi connectivity index (χ0v) is 17.4. The van der Waals surface area contributed by atoms with E-state index < -0.39 is 0 Å². The molecule has 0 fully saturated rings. The molecule has 6 heteroatoms. The predicted molar refractivity (Wildman–Crippen MR) is 117 cm³/mol. The van der Waals surface area contributed by atoms with Crippen molar-refractivity contribution in [3.8, 4) is 11.5 Å². The molecule has 0 amide bonds. The third kappa shape index (κ3) is 4.07. The number of carbonyl (C=O) groups is 1. The molecule has 0 aliphatic carbocycles. The summed E-state index contributed by atoms with van der Waals surface area (Å²) in [5.41, 5.74) is 3.32. The highest BCUT2D eigenvalue weighted by Gasteiger charge is 2.33. The first kappa shape index (κ1) is 19.8. The topological polar surface area (TPSA) is 38.8 Å². The van der Waals surface area contributed by atoms with Crippen LogP contribution in [0.2, 0.25) is 5.02 Å². The molecule has 3 aromatic carbocycles. The summed E-state index contributed by atoms with van der Waals surface area (Å²) in [6, 6.07) is 17.3. The van der Waals surface area contributed by atoms with Crippen molar-refractivity contribution in [3.05, 3.63) is 99.5 Å². The number of allylic oxidation sites excluding steroid dienone is 1. The molecule has 5 rings (SSSR count). The standard InChI is InChI=1S/C25H19ClFNO3/c26-18-5-1-17(2-6-18)13-23-24(29)20-9-10-22-21(25(20)31-23)14-28(15-30-22)12-11-16-3-7-19(27)8-4-16/h1-10,13H,11-12,14-15H2/b23-13-. The summed E-state index contributed by atoms with van der Waals surface area (Å²) in [4.78, 5) is 15.0. The van der Waals surface area contributed by atoms with Crippen molar-refractivity contribution >= 4 is 23.5 Å². The molecule has 0 saturated heterocycles. The highest BCUT2D eigenvalue weighted by Crippen LogP contribution is 2.42. The second-order valence-corrected chi connectivity index (χ2v) is 8.05. The number of hydrogen-bond donors (Lipinski definition) is 0. The van der Waals surface area contributed by atoms with Gasteiger partial charge in [0.05, 0.1) is 11.1 Å². The molecular formula is C25H19ClFNO3. The average Bonchev–Trinajstić information content (AvgIpc) is 3.10. The second-order valence-electron chi connectivity index (χ2n) is 7.61. The zero-order chi connectivity index (χ0) is 21.4. The lowest BCUT2D eigenvalue weighted by atomic mass is 10.0. The molecule has 0 unspecified atom stereocenters. The number of ether oxygens (including phenoxy) is 2. The largest absolute Gasteiger partial charge is 0.478 e. The highest BCUT2D eigenvalue weighted by molar-refractivity contribution is 6.30. The van der Waals surface area contributed by atoms with E-state index in [1.165, 1.54) is 12.1 Å². The summed E-state index contributed by atoms with van der Waals surface area (Å²) in [6.45, 7) is 1.81. The second kappa shape index (κ2) is 8.17. The van der Waals surface area contributed by atoms with E-state index in [2.05, 4.69) is 4.90 Å². The number of Topliss-reactive ketones (excluding diaryl/α,β-unsaturated/α-hetero) is 1. The molecule has 2 aliphatic rings. The van der Waals surface area contributed by atoms with Gasteiger partial charge in [-0.3, -0.25) is 9.69 Å². The molecule has 156 valence electrons. The first-order valence-corrected chi connectivity index (χ1v) is 10.4. The van der Waals surface area contributed by atoms with Crippen LogP contribution in [-0.2, 0) is 13.0 Å². The molecule has 0 atom stereocenters. The van der Waals surface area contributed by atoms with E-state index in [9.17, 15) is 9.18 Å². The molecule has 0 N–H and O–H groups in total. The van der Waals surface area contributed by atoms with Crippen LogP contribution >= 0.6 is 11.6 Å². The normalized spacial score (nSPS) is 16.6. The summed E-state index contributed by atoms with van der Waals surface area (Å²) in [5.74, 6) is 1.20. The minimum absolute atomic E-state index is 0.142. The Morgan fingerprint density at radius 3 is 2.58 bits per heavy atom. The zero-order valence-electron chi connectivity index (χ0n) is 16.6. The average molecular weight is 436 g/mol. The maximum atomic E-state index is 13.1. The SMILES string of the molecule is O=C1/C(=C/c2ccc(Cl)cc2)Oc2c1ccc1c2CN(CCc2ccc(F)cc2)CO1. The minimum Gasteiger partial charge on any atom is -0.478 e. The van der Waals surface area contributed by atoms with Gasteiger partial charge in [-0.1, -0.05) is 35.9 Å². The summed E-state index contributed by atoms with van der Waals surface area (Å²) in [6.07, 6.45) is 2.50. The van der Waals surface area contributed by atoms with Gasteiger partial charge in [0.25, 0.3) is 0 Å². The molecule has 0 spiro atoms. The Morgan fingerprint density at radius 1 is 1.03 bits per heavy atom. The van der Waals surface area contributed by atoms with E-state index >= 15 is 0 Å². The first-order valence-electron chi connectivity index (χ1n) is 10.0. The van der Waals surface area contributed by atoms with Gasteiger partial charge < -0.3 is 9.47 Å². The predicted octanol–water partition coefficient (Wildman–Crippen LogP) is 5.49. The van der Waals surface area contributed by atoms with Crippen LogP contribution in [0.5, 0.6) is 11.5 Å². The number of hydrogen-bond acceptors (Lipinski definition) is 4. The van der Waals surface area contributed by atoms with Gasteiger partial charge in [0, 0.05) is 18.1 Å². The molecule has 0 aromatic heterocycles. The maximum Gasteiger partial charge on any atom is 0.231 e. The molecule has 4 nitrogen and oxygen atoms in total. The number of benzene rings is 3. The fourth-order valence-corrected chi connectivity index (χ4v) is 3.92. The van der Waals surface area contributed by atoms with E-state index in [0.29, 0.717) is 29.6 Å². The van der Waals surface area contributed by atoms with Crippen LogP contribution < -0.4 is 9.47 Å². The molecule has 0 saturated carbocycles. The molecular weight excluding hydrogens is 417 g/mol. The minimum atomic E-state index is -0.237. The third-order valence-electron chi connectivity index (χ3n) is 5.48. The maximum absolute atomic E-state index is 13.1. The number of fused-ring (bicyclic) bond motifs is 3. The number of rotatable bonds is 4. The van der Waals surface area contributed by atoms with Gasteiger partial charge >= 0.3 is 0 Å². The molecule has 0 bridgehead atoms. The van der Waals surface area contributed by atoms with Crippen molar-refractivity contribution in [2.75, 3.05) is 13.3 Å². The van der Waals surface area contributed by atoms with Crippen LogP contribution in [0, 0.1) is 5.82 Å². The number of ketones is 1. The Balaban J connectivity index is 1.35. The van der Waals surface area contributed by atoms with Gasteiger partial charge in [0.1, 0.15) is 24.0 Å². The number of halogens is 2. The molecule has 0 radical (unpaired) electrons. The Bertz CT molecular complexity index is 1170. The summed E-state index contributed by atoms with van der Waals surface area (Å²) in [5, 5.41) is 0.635. The number of nitrogens with zero attached hydrogens (tertiary/aromatic N) is 1. The Hall–Kier alpha value is -3.15. The van der Waals surface area contributed by atoms with Gasteiger partial charge in [0.2, 0.25) is 5.78 Å². The quantitative estimate of drug-likeness (QED) is 0.508. The summed E-state index contributed by atoms with van der Waals surface area (Å²) >= 11 is 5.94. The van der Waals surface area contributed by atoms with Crippen LogP contribution in [0.25, 0.3) is 6.08 Å². The summed E-state index contributed by atoms with van der Waals surface area (Å²) < 4.78 is 25.0. The van der Waals surface area contributed by atoms with Crippen LogP contribution in [-0.4, -0.2) is 24.0 Å². The fraction of sp³-hybridized carbons (Fsp3) is 0.160. The van der Waals surface area contributed by atoms with Crippen molar-refractivity contribution in [2.24, 2.45) is 0 Å². The van der Waals surface area contributed by atoms with Crippen molar-refractivity contribution in [1.82, 2.24) is 4.90 Å². The highest BCUT2D eigenvalue weighted by atomic mass is 35.5. The third-order valence-corrected chi connectivity index (χ3v) is 5.73. The number of carbonyl (C=O) groups excluding carboxylic acids is 1. The van der Waals surface area contributed by atoms with E-state index in [1.807, 2.05) is 18.2 Å². The lowest BCUT2D eigenvalue weighted by molar-refractivity contribution is 0.0949. The monoisotopic (exact) mass is 435 g/mol. The van der Waals surface area contributed by atoms with E-state index in [1.54, 1.807) is 36.4 Å². The van der Waals surface area contributed by atoms with Gasteiger partial charge in [-0.2, -0.15) is 0 Å². The van der Waals surface area contributed by atoms with Crippen molar-refractivity contribution in [1.29, 1.82) is 0 Å². The Kier molecular flexibility index (Phi) is 5.22. The Labute approximate surface area is 184 Å². The van der Waals surface area contributed by atoms with Gasteiger partial charge in [-0.05, 0) is 60.0 Å². The van der Waals surface area contributed by atoms with Gasteiger partial charge in [-0.25, -0.2) is 4.39 Å². The van der Waals surface area contributed by atoms with Crippen LogP contribution in [0.15, 0.2) is 66.4 Å². The van der Waals surface area contributed by atoms with Crippen molar-refractivity contribution in [2.45, 2.75) is 13.0 Å². The van der Waals surface area contributed by atoms with E-state index in [4.69, 9.17) is 21.1 Å². The fourth-order valence-electron chi connectivity index (χ4n) is 3.80. The van der Waals surface area contributed by atoms with Crippen LogP contribution in [0.3, 0.4) is 0 Å². The molecule has 2 aliphatic heterocycles. The van der Waals surface area contributed by atoms with Crippen LogP contribution in [0.4, 0.5) is 4.39 Å². The molecule has 31 heavy (non-hydrogen) atoms. The van der Waals surface area contributed by atoms with Gasteiger partial charge in [0.15, 0.2) is 5.76 Å². The molecule has 2 heterocycles. The van der Waals surface area contributed by atoms with E-state index in [-0.39, 0.29) is 17.4 Å². The van der Waals surface area contributed by atoms with Crippen molar-refractivity contribution in [3.63, 3.8) is 0 Å². The lowest BCUT2D eigenvalue weighted by Gasteiger charge is -2.29. The smallest absolute Gasteiger partial charge is 0.231 e.